The van der Waals surface area contributed by atoms with Gasteiger partial charge in [0.15, 0.2) is 17.5 Å². The Morgan fingerprint density at radius 2 is 2.27 bits per heavy atom. The zero-order valence-corrected chi connectivity index (χ0v) is 13.0. The maximum Gasteiger partial charge on any atom is 0.231 e. The molecule has 0 spiro atoms. The Kier molecular flexibility index (Phi) is 4.56. The molecule has 1 saturated heterocycles. The summed E-state index contributed by atoms with van der Waals surface area (Å²) in [6.45, 7) is 5.56. The van der Waals surface area contributed by atoms with Crippen molar-refractivity contribution < 1.29 is 14.2 Å². The summed E-state index contributed by atoms with van der Waals surface area (Å²) in [6.07, 6.45) is 2.46. The average molecular weight is 305 g/mol. The number of nitrogens with zero attached hydrogens (tertiary/aromatic N) is 2. The number of nitrogens with two attached hydrogens (primary N) is 1. The Balaban J connectivity index is 1.45. The number of hydrogen-bond donors (Lipinski definition) is 1. The first-order valence-corrected chi connectivity index (χ1v) is 7.79. The van der Waals surface area contributed by atoms with Crippen molar-refractivity contribution in [1.29, 1.82) is 0 Å². The number of benzene rings is 1. The number of likely N-dealkylation sites (tertiary alicyclic amines) is 1. The first-order chi connectivity index (χ1) is 10.7. The van der Waals surface area contributed by atoms with E-state index < -0.39 is 0 Å². The highest BCUT2D eigenvalue weighted by Crippen LogP contribution is 2.34. The average Bonchev–Trinajstić information content (AvgIpc) is 2.99. The summed E-state index contributed by atoms with van der Waals surface area (Å²) >= 11 is 0. The summed E-state index contributed by atoms with van der Waals surface area (Å²) in [5.41, 5.74) is 6.05. The molecule has 0 bridgehead atoms. The Hall–Kier alpha value is -2.11. The topological polar surface area (TPSA) is 69.3 Å². The predicted molar refractivity (Wildman–Crippen MR) is 84.5 cm³/mol. The summed E-state index contributed by atoms with van der Waals surface area (Å²) in [5.74, 6) is 3.55. The SMILES string of the molecule is CC1CCCN(C(N)=NCCOc2ccc3c(c2)OCO3)C1. The number of guanidine groups is 1. The molecule has 0 saturated carbocycles. The minimum atomic E-state index is 0.272. The van der Waals surface area contributed by atoms with E-state index >= 15 is 0 Å². The van der Waals surface area contributed by atoms with Crippen LogP contribution in [0, 0.1) is 5.92 Å². The van der Waals surface area contributed by atoms with Crippen LogP contribution in [-0.2, 0) is 0 Å². The van der Waals surface area contributed by atoms with E-state index in [4.69, 9.17) is 19.9 Å². The van der Waals surface area contributed by atoms with E-state index in [1.165, 1.54) is 12.8 Å². The highest BCUT2D eigenvalue weighted by Gasteiger charge is 2.17. The van der Waals surface area contributed by atoms with Gasteiger partial charge in [-0.1, -0.05) is 6.92 Å². The number of ether oxygens (including phenoxy) is 3. The van der Waals surface area contributed by atoms with E-state index in [2.05, 4.69) is 16.8 Å². The molecular formula is C16H23N3O3. The van der Waals surface area contributed by atoms with Crippen molar-refractivity contribution in [1.82, 2.24) is 4.90 Å². The summed E-state index contributed by atoms with van der Waals surface area (Å²) in [5, 5.41) is 0. The van der Waals surface area contributed by atoms with Gasteiger partial charge in [0.25, 0.3) is 0 Å². The zero-order chi connectivity index (χ0) is 15.4. The maximum absolute atomic E-state index is 6.05. The second-order valence-electron chi connectivity index (χ2n) is 5.80. The molecule has 0 aliphatic carbocycles. The van der Waals surface area contributed by atoms with E-state index in [9.17, 15) is 0 Å². The summed E-state index contributed by atoms with van der Waals surface area (Å²) < 4.78 is 16.3. The lowest BCUT2D eigenvalue weighted by Gasteiger charge is -2.31. The summed E-state index contributed by atoms with van der Waals surface area (Å²) in [6, 6.07) is 5.55. The van der Waals surface area contributed by atoms with E-state index in [0.29, 0.717) is 25.0 Å². The molecular weight excluding hydrogens is 282 g/mol. The molecule has 1 fully saturated rings. The zero-order valence-electron chi connectivity index (χ0n) is 13.0. The number of hydrogen-bond acceptors (Lipinski definition) is 4. The third kappa shape index (κ3) is 3.55. The second kappa shape index (κ2) is 6.77. The lowest BCUT2D eigenvalue weighted by atomic mass is 10.0. The predicted octanol–water partition coefficient (Wildman–Crippen LogP) is 1.84. The van der Waals surface area contributed by atoms with Crippen LogP contribution in [-0.4, -0.2) is 43.9 Å². The molecule has 0 aromatic heterocycles. The number of aliphatic imine (C=N–C) groups is 1. The number of fused-ring (bicyclic) bond motifs is 1. The van der Waals surface area contributed by atoms with Crippen molar-refractivity contribution in [2.24, 2.45) is 16.6 Å². The van der Waals surface area contributed by atoms with Crippen molar-refractivity contribution in [3.05, 3.63) is 18.2 Å². The number of piperidine rings is 1. The van der Waals surface area contributed by atoms with Crippen LogP contribution in [0.15, 0.2) is 23.2 Å². The molecule has 0 radical (unpaired) electrons. The molecule has 2 aliphatic heterocycles. The van der Waals surface area contributed by atoms with Gasteiger partial charge in [-0.2, -0.15) is 0 Å². The van der Waals surface area contributed by atoms with Crippen molar-refractivity contribution >= 4 is 5.96 Å². The number of rotatable bonds is 4. The lowest BCUT2D eigenvalue weighted by Crippen LogP contribution is -2.43. The van der Waals surface area contributed by atoms with Crippen LogP contribution in [0.25, 0.3) is 0 Å². The Morgan fingerprint density at radius 1 is 1.41 bits per heavy atom. The molecule has 2 aliphatic rings. The van der Waals surface area contributed by atoms with Gasteiger partial charge in [0.05, 0.1) is 6.54 Å². The van der Waals surface area contributed by atoms with Gasteiger partial charge in [-0.15, -0.1) is 0 Å². The molecule has 6 nitrogen and oxygen atoms in total. The molecule has 3 rings (SSSR count). The molecule has 2 heterocycles. The van der Waals surface area contributed by atoms with Gasteiger partial charge in [0.2, 0.25) is 6.79 Å². The fourth-order valence-corrected chi connectivity index (χ4v) is 2.79. The molecule has 2 N–H and O–H groups in total. The van der Waals surface area contributed by atoms with Gasteiger partial charge in [0, 0.05) is 19.2 Å². The van der Waals surface area contributed by atoms with Gasteiger partial charge in [-0.3, -0.25) is 0 Å². The quantitative estimate of drug-likeness (QED) is 0.522. The van der Waals surface area contributed by atoms with Crippen LogP contribution < -0.4 is 19.9 Å². The third-order valence-corrected chi connectivity index (χ3v) is 3.96. The van der Waals surface area contributed by atoms with Gasteiger partial charge in [0.1, 0.15) is 12.4 Å². The van der Waals surface area contributed by atoms with Crippen LogP contribution >= 0.6 is 0 Å². The van der Waals surface area contributed by atoms with Gasteiger partial charge < -0.3 is 24.8 Å². The van der Waals surface area contributed by atoms with E-state index in [0.717, 1.165) is 30.3 Å². The van der Waals surface area contributed by atoms with E-state index in [1.807, 2.05) is 18.2 Å². The lowest BCUT2D eigenvalue weighted by molar-refractivity contribution is 0.173. The van der Waals surface area contributed by atoms with Crippen LogP contribution in [0.2, 0.25) is 0 Å². The molecule has 22 heavy (non-hydrogen) atoms. The minimum absolute atomic E-state index is 0.272. The smallest absolute Gasteiger partial charge is 0.231 e. The molecule has 6 heteroatoms. The highest BCUT2D eigenvalue weighted by molar-refractivity contribution is 5.78. The monoisotopic (exact) mass is 305 g/mol. The van der Waals surface area contributed by atoms with Crippen LogP contribution in [0.4, 0.5) is 0 Å². The Labute approximate surface area is 130 Å². The molecule has 120 valence electrons. The summed E-state index contributed by atoms with van der Waals surface area (Å²) in [4.78, 5) is 6.57. The standard InChI is InChI=1S/C16H23N3O3/c1-12-3-2-7-19(10-12)16(17)18-6-8-20-13-4-5-14-15(9-13)22-11-21-14/h4-5,9,12H,2-3,6-8,10-11H2,1H3,(H2,17,18). The molecule has 0 amide bonds. The fraction of sp³-hybridized carbons (Fsp3) is 0.562. The van der Waals surface area contributed by atoms with E-state index in [-0.39, 0.29) is 6.79 Å². The molecule has 1 unspecified atom stereocenters. The first kappa shape index (κ1) is 14.8. The molecule has 1 aromatic rings. The van der Waals surface area contributed by atoms with Crippen LogP contribution in [0.3, 0.4) is 0 Å². The van der Waals surface area contributed by atoms with Crippen molar-refractivity contribution in [3.8, 4) is 17.2 Å². The Morgan fingerprint density at radius 3 is 3.14 bits per heavy atom. The summed E-state index contributed by atoms with van der Waals surface area (Å²) in [7, 11) is 0. The highest BCUT2D eigenvalue weighted by atomic mass is 16.7. The molecule has 1 atom stereocenters. The van der Waals surface area contributed by atoms with E-state index in [1.54, 1.807) is 0 Å². The van der Waals surface area contributed by atoms with Crippen molar-refractivity contribution in [2.75, 3.05) is 33.0 Å². The van der Waals surface area contributed by atoms with Crippen molar-refractivity contribution in [2.45, 2.75) is 19.8 Å². The first-order valence-electron chi connectivity index (χ1n) is 7.79. The normalized spacial score (nSPS) is 21.0. The van der Waals surface area contributed by atoms with Crippen LogP contribution in [0.5, 0.6) is 17.2 Å². The maximum atomic E-state index is 6.05. The fourth-order valence-electron chi connectivity index (χ4n) is 2.79. The minimum Gasteiger partial charge on any atom is -0.492 e. The van der Waals surface area contributed by atoms with Gasteiger partial charge >= 0.3 is 0 Å². The Bertz CT molecular complexity index is 547. The second-order valence-corrected chi connectivity index (χ2v) is 5.80. The van der Waals surface area contributed by atoms with Gasteiger partial charge in [-0.05, 0) is 30.9 Å². The third-order valence-electron chi connectivity index (χ3n) is 3.96. The van der Waals surface area contributed by atoms with Crippen LogP contribution in [0.1, 0.15) is 19.8 Å². The van der Waals surface area contributed by atoms with Gasteiger partial charge in [-0.25, -0.2) is 4.99 Å². The van der Waals surface area contributed by atoms with Crippen molar-refractivity contribution in [3.63, 3.8) is 0 Å². The molecule has 1 aromatic carbocycles. The largest absolute Gasteiger partial charge is 0.492 e.